The summed E-state index contributed by atoms with van der Waals surface area (Å²) in [6, 6.07) is 8.68. The standard InChI is InChI=1S/C16H24N2O.2ClH/c1-2-6-15-14(5-1)7-12-19-16(15)13-17-8-11-18-9-3-4-10-18;;/h1-2,5-6,16-17H,3-4,7-13H2;2*1H. The van der Waals surface area contributed by atoms with Crippen molar-refractivity contribution in [1.29, 1.82) is 0 Å². The normalized spacial score (nSPS) is 21.2. The molecule has 1 saturated heterocycles. The van der Waals surface area contributed by atoms with Crippen LogP contribution in [0.15, 0.2) is 24.3 Å². The number of halogens is 2. The Morgan fingerprint density at radius 3 is 2.71 bits per heavy atom. The summed E-state index contributed by atoms with van der Waals surface area (Å²) in [4.78, 5) is 2.54. The Morgan fingerprint density at radius 2 is 1.90 bits per heavy atom. The third-order valence-electron chi connectivity index (χ3n) is 4.23. The molecule has 1 fully saturated rings. The second-order valence-corrected chi connectivity index (χ2v) is 5.56. The van der Waals surface area contributed by atoms with E-state index in [-0.39, 0.29) is 30.9 Å². The van der Waals surface area contributed by atoms with Gasteiger partial charge in [0.05, 0.1) is 12.7 Å². The van der Waals surface area contributed by atoms with Crippen LogP contribution in [0.3, 0.4) is 0 Å². The fraction of sp³-hybridized carbons (Fsp3) is 0.625. The minimum Gasteiger partial charge on any atom is -0.372 e. The molecule has 3 rings (SSSR count). The van der Waals surface area contributed by atoms with Crippen LogP contribution in [0, 0.1) is 0 Å². The number of nitrogens with one attached hydrogen (secondary N) is 1. The van der Waals surface area contributed by atoms with Crippen LogP contribution in [0.4, 0.5) is 0 Å². The summed E-state index contributed by atoms with van der Waals surface area (Å²) in [5, 5.41) is 3.56. The number of nitrogens with zero attached hydrogens (tertiary/aromatic N) is 1. The van der Waals surface area contributed by atoms with Crippen molar-refractivity contribution < 1.29 is 4.74 Å². The van der Waals surface area contributed by atoms with Gasteiger partial charge in [-0.3, -0.25) is 0 Å². The monoisotopic (exact) mass is 332 g/mol. The van der Waals surface area contributed by atoms with Crippen molar-refractivity contribution in [3.05, 3.63) is 35.4 Å². The first-order valence-corrected chi connectivity index (χ1v) is 7.56. The number of benzene rings is 1. The zero-order chi connectivity index (χ0) is 12.9. The van der Waals surface area contributed by atoms with Crippen molar-refractivity contribution in [3.8, 4) is 0 Å². The largest absolute Gasteiger partial charge is 0.372 e. The molecule has 0 amide bonds. The van der Waals surface area contributed by atoms with E-state index in [0.29, 0.717) is 0 Å². The predicted octanol–water partition coefficient (Wildman–Crippen LogP) is 2.83. The lowest BCUT2D eigenvalue weighted by molar-refractivity contribution is 0.0423. The van der Waals surface area contributed by atoms with Crippen LogP contribution in [-0.4, -0.2) is 44.2 Å². The van der Waals surface area contributed by atoms with Crippen LogP contribution in [0.25, 0.3) is 0 Å². The van der Waals surface area contributed by atoms with E-state index in [1.54, 1.807) is 0 Å². The van der Waals surface area contributed by atoms with Gasteiger partial charge in [-0.25, -0.2) is 0 Å². The molecule has 5 heteroatoms. The Hall–Kier alpha value is -0.320. The van der Waals surface area contributed by atoms with E-state index in [1.165, 1.54) is 43.6 Å². The first-order valence-electron chi connectivity index (χ1n) is 7.56. The topological polar surface area (TPSA) is 24.5 Å². The van der Waals surface area contributed by atoms with E-state index in [4.69, 9.17) is 4.74 Å². The molecule has 2 heterocycles. The van der Waals surface area contributed by atoms with Crippen LogP contribution >= 0.6 is 24.8 Å². The Balaban J connectivity index is 0.00000110. The van der Waals surface area contributed by atoms with E-state index < -0.39 is 0 Å². The van der Waals surface area contributed by atoms with E-state index >= 15 is 0 Å². The average molecular weight is 333 g/mol. The van der Waals surface area contributed by atoms with Gasteiger partial charge in [-0.1, -0.05) is 24.3 Å². The van der Waals surface area contributed by atoms with Gasteiger partial charge in [0.2, 0.25) is 0 Å². The van der Waals surface area contributed by atoms with Crippen LogP contribution < -0.4 is 5.32 Å². The molecule has 120 valence electrons. The molecular formula is C16H26Cl2N2O. The second kappa shape index (κ2) is 9.65. The Morgan fingerprint density at radius 1 is 1.14 bits per heavy atom. The SMILES string of the molecule is Cl.Cl.c1ccc2c(c1)CCOC2CNCCN1CCCC1. The first kappa shape index (κ1) is 18.7. The highest BCUT2D eigenvalue weighted by atomic mass is 35.5. The summed E-state index contributed by atoms with van der Waals surface area (Å²) in [6.07, 6.45) is 4.04. The predicted molar refractivity (Wildman–Crippen MR) is 91.9 cm³/mol. The smallest absolute Gasteiger partial charge is 0.0952 e. The van der Waals surface area contributed by atoms with Crippen LogP contribution in [0.1, 0.15) is 30.1 Å². The highest BCUT2D eigenvalue weighted by Crippen LogP contribution is 2.26. The zero-order valence-electron chi connectivity index (χ0n) is 12.4. The first-order chi connectivity index (χ1) is 9.43. The summed E-state index contributed by atoms with van der Waals surface area (Å²) >= 11 is 0. The van der Waals surface area contributed by atoms with Gasteiger partial charge >= 0.3 is 0 Å². The molecule has 1 atom stereocenters. The van der Waals surface area contributed by atoms with Gasteiger partial charge in [0, 0.05) is 19.6 Å². The van der Waals surface area contributed by atoms with Gasteiger partial charge in [-0.05, 0) is 43.5 Å². The van der Waals surface area contributed by atoms with Crippen LogP contribution in [0.5, 0.6) is 0 Å². The molecule has 1 aromatic rings. The number of ether oxygens (including phenoxy) is 1. The number of hydrogen-bond acceptors (Lipinski definition) is 3. The van der Waals surface area contributed by atoms with Gasteiger partial charge in [0.25, 0.3) is 0 Å². The number of rotatable bonds is 5. The molecule has 0 radical (unpaired) electrons. The molecule has 1 N–H and O–H groups in total. The van der Waals surface area contributed by atoms with Crippen LogP contribution in [-0.2, 0) is 11.2 Å². The Kier molecular flexibility index (Phi) is 8.60. The number of hydrogen-bond donors (Lipinski definition) is 1. The molecule has 0 aromatic heterocycles. The van der Waals surface area contributed by atoms with Gasteiger partial charge in [-0.15, -0.1) is 24.8 Å². The van der Waals surface area contributed by atoms with E-state index in [9.17, 15) is 0 Å². The number of fused-ring (bicyclic) bond motifs is 1. The summed E-state index contributed by atoms with van der Waals surface area (Å²) in [7, 11) is 0. The number of likely N-dealkylation sites (tertiary alicyclic amines) is 1. The Bertz CT molecular complexity index is 411. The molecule has 2 aliphatic rings. The molecule has 1 aromatic carbocycles. The van der Waals surface area contributed by atoms with Gasteiger partial charge < -0.3 is 15.0 Å². The lowest BCUT2D eigenvalue weighted by Gasteiger charge is -2.26. The Labute approximate surface area is 140 Å². The maximum absolute atomic E-state index is 5.90. The summed E-state index contributed by atoms with van der Waals surface area (Å²) in [5.41, 5.74) is 2.84. The minimum absolute atomic E-state index is 0. The molecular weight excluding hydrogens is 307 g/mol. The van der Waals surface area contributed by atoms with Crippen molar-refractivity contribution in [2.24, 2.45) is 0 Å². The second-order valence-electron chi connectivity index (χ2n) is 5.56. The average Bonchev–Trinajstić information content (AvgIpc) is 2.97. The highest BCUT2D eigenvalue weighted by molar-refractivity contribution is 5.85. The third kappa shape index (κ3) is 5.11. The van der Waals surface area contributed by atoms with Crippen molar-refractivity contribution in [2.75, 3.05) is 39.3 Å². The van der Waals surface area contributed by atoms with Crippen molar-refractivity contribution in [1.82, 2.24) is 10.2 Å². The minimum atomic E-state index is 0. The lowest BCUT2D eigenvalue weighted by atomic mass is 9.97. The fourth-order valence-electron chi connectivity index (χ4n) is 3.12. The summed E-state index contributed by atoms with van der Waals surface area (Å²) < 4.78 is 5.90. The van der Waals surface area contributed by atoms with E-state index in [0.717, 1.165) is 26.1 Å². The molecule has 21 heavy (non-hydrogen) atoms. The highest BCUT2D eigenvalue weighted by Gasteiger charge is 2.19. The fourth-order valence-corrected chi connectivity index (χ4v) is 3.12. The third-order valence-corrected chi connectivity index (χ3v) is 4.23. The molecule has 0 aliphatic carbocycles. The molecule has 0 saturated carbocycles. The van der Waals surface area contributed by atoms with Crippen molar-refractivity contribution >= 4 is 24.8 Å². The van der Waals surface area contributed by atoms with Gasteiger partial charge in [0.1, 0.15) is 0 Å². The van der Waals surface area contributed by atoms with Gasteiger partial charge in [0.15, 0.2) is 0 Å². The maximum Gasteiger partial charge on any atom is 0.0952 e. The van der Waals surface area contributed by atoms with E-state index in [1.807, 2.05) is 0 Å². The molecule has 1 unspecified atom stereocenters. The summed E-state index contributed by atoms with van der Waals surface area (Å²) in [5.74, 6) is 0. The van der Waals surface area contributed by atoms with E-state index in [2.05, 4.69) is 34.5 Å². The molecule has 2 aliphatic heterocycles. The van der Waals surface area contributed by atoms with Crippen LogP contribution in [0.2, 0.25) is 0 Å². The summed E-state index contributed by atoms with van der Waals surface area (Å²) in [6.45, 7) is 6.60. The molecule has 0 bridgehead atoms. The van der Waals surface area contributed by atoms with Crippen molar-refractivity contribution in [2.45, 2.75) is 25.4 Å². The van der Waals surface area contributed by atoms with Gasteiger partial charge in [-0.2, -0.15) is 0 Å². The zero-order valence-corrected chi connectivity index (χ0v) is 14.1. The molecule has 3 nitrogen and oxygen atoms in total. The van der Waals surface area contributed by atoms with Crippen molar-refractivity contribution in [3.63, 3.8) is 0 Å². The quantitative estimate of drug-likeness (QED) is 0.839. The molecule has 0 spiro atoms. The maximum atomic E-state index is 5.90. The lowest BCUT2D eigenvalue weighted by Crippen LogP contribution is -2.33.